The van der Waals surface area contributed by atoms with Gasteiger partial charge in [0.1, 0.15) is 18.2 Å². The molecule has 2 N–H and O–H groups in total. The Bertz CT molecular complexity index is 778. The number of para-hydroxylation sites is 2. The van der Waals surface area contributed by atoms with Crippen molar-refractivity contribution in [3.05, 3.63) is 84.4 Å². The standard InChI is InChI=1S/C20H18FNO2/c21-14-18(22)15-11-12-19(23-16-7-3-1-4-8-16)20(13-15)24-17-9-5-2-6-10-17/h1-13,18H,14,22H2/t18-/m1/s1. The summed E-state index contributed by atoms with van der Waals surface area (Å²) in [5.74, 6) is 2.39. The normalized spacial score (nSPS) is 11.8. The number of hydrogen-bond donors (Lipinski definition) is 1. The van der Waals surface area contributed by atoms with E-state index < -0.39 is 12.7 Å². The average molecular weight is 323 g/mol. The van der Waals surface area contributed by atoms with Gasteiger partial charge in [0.05, 0.1) is 6.04 Å². The zero-order valence-corrected chi connectivity index (χ0v) is 13.1. The molecule has 0 saturated heterocycles. The Morgan fingerprint density at radius 1 is 0.750 bits per heavy atom. The van der Waals surface area contributed by atoms with E-state index in [-0.39, 0.29) is 0 Å². The van der Waals surface area contributed by atoms with Gasteiger partial charge in [0, 0.05) is 0 Å². The van der Waals surface area contributed by atoms with Crippen LogP contribution in [0.2, 0.25) is 0 Å². The molecule has 122 valence electrons. The number of hydrogen-bond acceptors (Lipinski definition) is 3. The van der Waals surface area contributed by atoms with Gasteiger partial charge in [-0.3, -0.25) is 0 Å². The first-order chi connectivity index (χ1) is 11.8. The molecule has 0 radical (unpaired) electrons. The molecule has 4 heteroatoms. The summed E-state index contributed by atoms with van der Waals surface area (Å²) in [6.07, 6.45) is 0. The van der Waals surface area contributed by atoms with E-state index in [1.165, 1.54) is 0 Å². The minimum absolute atomic E-state index is 0.492. The Morgan fingerprint density at radius 3 is 1.83 bits per heavy atom. The predicted octanol–water partition coefficient (Wildman–Crippen LogP) is 5.24. The highest BCUT2D eigenvalue weighted by Crippen LogP contribution is 2.36. The van der Waals surface area contributed by atoms with Crippen LogP contribution in [0.15, 0.2) is 78.9 Å². The fraction of sp³-hybridized carbons (Fsp3) is 0.100. The highest BCUT2D eigenvalue weighted by molar-refractivity contribution is 5.48. The molecular weight excluding hydrogens is 305 g/mol. The van der Waals surface area contributed by atoms with Gasteiger partial charge < -0.3 is 15.2 Å². The molecular formula is C20H18FNO2. The third kappa shape index (κ3) is 3.91. The molecule has 3 aromatic rings. The molecule has 0 aliphatic heterocycles. The molecule has 0 aliphatic carbocycles. The maximum Gasteiger partial charge on any atom is 0.170 e. The molecule has 0 unspecified atom stereocenters. The van der Waals surface area contributed by atoms with Gasteiger partial charge in [-0.15, -0.1) is 0 Å². The average Bonchev–Trinajstić information content (AvgIpc) is 2.64. The van der Waals surface area contributed by atoms with Crippen molar-refractivity contribution in [3.63, 3.8) is 0 Å². The third-order valence-corrected chi connectivity index (χ3v) is 3.50. The van der Waals surface area contributed by atoms with Crippen LogP contribution < -0.4 is 15.2 Å². The van der Waals surface area contributed by atoms with Crippen molar-refractivity contribution in [2.45, 2.75) is 6.04 Å². The van der Waals surface area contributed by atoms with Crippen LogP contribution in [0.1, 0.15) is 11.6 Å². The van der Waals surface area contributed by atoms with Crippen molar-refractivity contribution < 1.29 is 13.9 Å². The van der Waals surface area contributed by atoms with E-state index in [2.05, 4.69) is 0 Å². The Balaban J connectivity index is 1.94. The Kier molecular flexibility index (Phi) is 5.08. The van der Waals surface area contributed by atoms with Crippen molar-refractivity contribution in [1.29, 1.82) is 0 Å². The lowest BCUT2D eigenvalue weighted by Gasteiger charge is -2.15. The maximum absolute atomic E-state index is 12.9. The zero-order chi connectivity index (χ0) is 16.8. The Labute approximate surface area is 140 Å². The van der Waals surface area contributed by atoms with Gasteiger partial charge in [-0.1, -0.05) is 42.5 Å². The van der Waals surface area contributed by atoms with Crippen molar-refractivity contribution in [1.82, 2.24) is 0 Å². The first-order valence-corrected chi connectivity index (χ1v) is 7.67. The first kappa shape index (κ1) is 16.0. The molecule has 0 aromatic heterocycles. The summed E-state index contributed by atoms with van der Waals surface area (Å²) in [4.78, 5) is 0. The van der Waals surface area contributed by atoms with Crippen LogP contribution in [-0.4, -0.2) is 6.67 Å². The smallest absolute Gasteiger partial charge is 0.170 e. The Hall–Kier alpha value is -2.85. The number of halogens is 1. The second-order valence-electron chi connectivity index (χ2n) is 5.30. The molecule has 0 fully saturated rings. The molecule has 0 spiro atoms. The van der Waals surface area contributed by atoms with Crippen LogP contribution in [0, 0.1) is 0 Å². The van der Waals surface area contributed by atoms with Crippen molar-refractivity contribution >= 4 is 0 Å². The summed E-state index contributed by atoms with van der Waals surface area (Å²) in [5, 5.41) is 0. The van der Waals surface area contributed by atoms with Gasteiger partial charge in [0.25, 0.3) is 0 Å². The molecule has 1 atom stereocenters. The van der Waals surface area contributed by atoms with E-state index in [9.17, 15) is 4.39 Å². The maximum atomic E-state index is 12.9. The molecule has 0 aliphatic rings. The van der Waals surface area contributed by atoms with E-state index in [1.54, 1.807) is 18.2 Å². The van der Waals surface area contributed by atoms with E-state index in [4.69, 9.17) is 15.2 Å². The monoisotopic (exact) mass is 323 g/mol. The van der Waals surface area contributed by atoms with Gasteiger partial charge in [0.2, 0.25) is 0 Å². The summed E-state index contributed by atoms with van der Waals surface area (Å²) < 4.78 is 24.7. The number of nitrogens with two attached hydrogens (primary N) is 1. The fourth-order valence-electron chi connectivity index (χ4n) is 2.24. The largest absolute Gasteiger partial charge is 0.453 e. The zero-order valence-electron chi connectivity index (χ0n) is 13.1. The van der Waals surface area contributed by atoms with Crippen LogP contribution in [0.25, 0.3) is 0 Å². The van der Waals surface area contributed by atoms with Crippen LogP contribution in [0.4, 0.5) is 4.39 Å². The highest BCUT2D eigenvalue weighted by atomic mass is 19.1. The molecule has 3 rings (SSSR count). The summed E-state index contributed by atoms with van der Waals surface area (Å²) in [7, 11) is 0. The quantitative estimate of drug-likeness (QED) is 0.674. The van der Waals surface area contributed by atoms with Crippen LogP contribution in [-0.2, 0) is 0 Å². The summed E-state index contributed by atoms with van der Waals surface area (Å²) in [6, 6.07) is 23.3. The first-order valence-electron chi connectivity index (χ1n) is 7.67. The molecule has 24 heavy (non-hydrogen) atoms. The topological polar surface area (TPSA) is 44.5 Å². The predicted molar refractivity (Wildman–Crippen MR) is 92.4 cm³/mol. The van der Waals surface area contributed by atoms with Crippen LogP contribution in [0.3, 0.4) is 0 Å². The van der Waals surface area contributed by atoms with E-state index in [0.717, 1.165) is 0 Å². The molecule has 0 bridgehead atoms. The third-order valence-electron chi connectivity index (χ3n) is 3.50. The minimum atomic E-state index is -0.686. The number of alkyl halides is 1. The molecule has 0 amide bonds. The Morgan fingerprint density at radius 2 is 1.29 bits per heavy atom. The van der Waals surface area contributed by atoms with Gasteiger partial charge in [-0.25, -0.2) is 4.39 Å². The number of ether oxygens (including phenoxy) is 2. The second-order valence-corrected chi connectivity index (χ2v) is 5.30. The van der Waals surface area contributed by atoms with E-state index >= 15 is 0 Å². The van der Waals surface area contributed by atoms with Gasteiger partial charge >= 0.3 is 0 Å². The van der Waals surface area contributed by atoms with Gasteiger partial charge in [0.15, 0.2) is 11.5 Å². The SMILES string of the molecule is N[C@H](CF)c1ccc(Oc2ccccc2)c(Oc2ccccc2)c1. The van der Waals surface area contributed by atoms with Crippen LogP contribution >= 0.6 is 0 Å². The fourth-order valence-corrected chi connectivity index (χ4v) is 2.24. The van der Waals surface area contributed by atoms with Gasteiger partial charge in [-0.2, -0.15) is 0 Å². The molecule has 0 heterocycles. The summed E-state index contributed by atoms with van der Waals surface area (Å²) in [6.45, 7) is -0.635. The summed E-state index contributed by atoms with van der Waals surface area (Å²) >= 11 is 0. The molecule has 3 nitrogen and oxygen atoms in total. The lowest BCUT2D eigenvalue weighted by Crippen LogP contribution is -2.12. The summed E-state index contributed by atoms with van der Waals surface area (Å²) in [5.41, 5.74) is 6.44. The highest BCUT2D eigenvalue weighted by Gasteiger charge is 2.13. The lowest BCUT2D eigenvalue weighted by atomic mass is 10.1. The lowest BCUT2D eigenvalue weighted by molar-refractivity contribution is 0.413. The number of benzene rings is 3. The van der Waals surface area contributed by atoms with Crippen LogP contribution in [0.5, 0.6) is 23.0 Å². The molecule has 0 saturated carbocycles. The van der Waals surface area contributed by atoms with E-state index in [0.29, 0.717) is 28.6 Å². The minimum Gasteiger partial charge on any atom is -0.453 e. The van der Waals surface area contributed by atoms with Crippen molar-refractivity contribution in [2.75, 3.05) is 6.67 Å². The van der Waals surface area contributed by atoms with Crippen molar-refractivity contribution in [3.8, 4) is 23.0 Å². The number of rotatable bonds is 6. The molecule has 3 aromatic carbocycles. The van der Waals surface area contributed by atoms with Gasteiger partial charge in [-0.05, 0) is 42.0 Å². The van der Waals surface area contributed by atoms with E-state index in [1.807, 2.05) is 60.7 Å². The second kappa shape index (κ2) is 7.62. The van der Waals surface area contributed by atoms with Crippen molar-refractivity contribution in [2.24, 2.45) is 5.73 Å².